The minimum absolute atomic E-state index is 0.652. The van der Waals surface area contributed by atoms with Gasteiger partial charge in [0.2, 0.25) is 0 Å². The monoisotopic (exact) mass is 1350 g/mol. The third kappa shape index (κ3) is 10.1. The van der Waals surface area contributed by atoms with Gasteiger partial charge < -0.3 is 18.3 Å². The summed E-state index contributed by atoms with van der Waals surface area (Å²) in [6, 6.07) is 135. The van der Waals surface area contributed by atoms with Crippen LogP contribution in [0.4, 0.5) is 0 Å². The first-order valence-electron chi connectivity index (χ1n) is 36.0. The first-order valence-corrected chi connectivity index (χ1v) is 36.0. The maximum atomic E-state index is 5.37. The Hall–Kier alpha value is -14.3. The molecule has 6 aromatic heterocycles. The molecule has 0 fully saturated rings. The Morgan fingerprint density at radius 1 is 0.142 bits per heavy atom. The van der Waals surface area contributed by atoms with Crippen molar-refractivity contribution in [3.05, 3.63) is 376 Å². The maximum Gasteiger partial charge on any atom is 0.160 e. The summed E-state index contributed by atoms with van der Waals surface area (Å²) in [4.78, 5) is 21.5. The second-order valence-electron chi connectivity index (χ2n) is 27.3. The highest BCUT2D eigenvalue weighted by atomic mass is 15.0. The van der Waals surface area contributed by atoms with Crippen molar-refractivity contribution in [1.82, 2.24) is 38.2 Å². The van der Waals surface area contributed by atoms with Gasteiger partial charge in [0.05, 0.1) is 66.9 Å². The van der Waals surface area contributed by atoms with Gasteiger partial charge in [-0.25, -0.2) is 19.9 Å². The smallest absolute Gasteiger partial charge is 0.160 e. The number of para-hydroxylation sites is 8. The highest BCUT2D eigenvalue weighted by Crippen LogP contribution is 2.40. The summed E-state index contributed by atoms with van der Waals surface area (Å²) >= 11 is 0. The van der Waals surface area contributed by atoms with Crippen LogP contribution in [0.25, 0.3) is 200 Å². The molecule has 8 heteroatoms. The minimum Gasteiger partial charge on any atom is -0.309 e. The van der Waals surface area contributed by atoms with E-state index in [-0.39, 0.29) is 0 Å². The molecule has 0 amide bonds. The van der Waals surface area contributed by atoms with Crippen molar-refractivity contribution < 1.29 is 0 Å². The van der Waals surface area contributed by atoms with Crippen LogP contribution in [0.2, 0.25) is 0 Å². The van der Waals surface area contributed by atoms with Gasteiger partial charge in [-0.1, -0.05) is 237 Å². The SMILES string of the molecule is c1cc(-c2ccc(-c3cc(-c4ccc(-n5c6ccccc6c6ccccc65)cc4)nc(-c4ccc(-n5c6ccccc6c6ccccc65)cc4)n3)cc2)cc(-c2ccc(-c3cc(-c4ccc(-n5c6ccccc6c6ccccc65)cc4)nc(-c4ccc(-n5c6ccccc6c6ccccc65)cc4)n3)cc2)c1. The van der Waals surface area contributed by atoms with E-state index in [0.29, 0.717) is 11.6 Å². The van der Waals surface area contributed by atoms with E-state index in [2.05, 4.69) is 394 Å². The Balaban J connectivity index is 0.606. The molecule has 6 heterocycles. The number of rotatable bonds is 12. The number of benzene rings is 15. The Bertz CT molecular complexity index is 6030. The van der Waals surface area contributed by atoms with Crippen LogP contribution in [0.15, 0.2) is 376 Å². The molecular weight excluding hydrogens is 1290 g/mol. The molecule has 0 aliphatic rings. The third-order valence-corrected chi connectivity index (χ3v) is 21.3. The molecule has 0 saturated carbocycles. The van der Waals surface area contributed by atoms with E-state index in [1.165, 1.54) is 87.2 Å². The normalized spacial score (nSPS) is 11.8. The highest BCUT2D eigenvalue weighted by Gasteiger charge is 2.20. The average Bonchev–Trinajstić information content (AvgIpc) is 1.72. The van der Waals surface area contributed by atoms with Crippen molar-refractivity contribution in [3.8, 4) is 113 Å². The van der Waals surface area contributed by atoms with Gasteiger partial charge in [0, 0.05) is 99.2 Å². The molecule has 494 valence electrons. The lowest BCUT2D eigenvalue weighted by atomic mass is 9.97. The molecule has 0 radical (unpaired) electrons. The lowest BCUT2D eigenvalue weighted by Crippen LogP contribution is -1.98. The number of fused-ring (bicyclic) bond motifs is 12. The van der Waals surface area contributed by atoms with Gasteiger partial charge in [-0.05, 0) is 162 Å². The zero-order chi connectivity index (χ0) is 69.8. The van der Waals surface area contributed by atoms with E-state index in [4.69, 9.17) is 19.9 Å². The molecule has 8 nitrogen and oxygen atoms in total. The van der Waals surface area contributed by atoms with Crippen LogP contribution in [0.5, 0.6) is 0 Å². The average molecular weight is 1350 g/mol. The summed E-state index contributed by atoms with van der Waals surface area (Å²) in [5.41, 5.74) is 27.3. The fourth-order valence-electron chi connectivity index (χ4n) is 16.2. The Labute approximate surface area is 610 Å². The summed E-state index contributed by atoms with van der Waals surface area (Å²) < 4.78 is 9.40. The molecule has 0 bridgehead atoms. The number of aromatic nitrogens is 8. The van der Waals surface area contributed by atoms with Crippen molar-refractivity contribution in [2.24, 2.45) is 0 Å². The fraction of sp³-hybridized carbons (Fsp3) is 0. The fourth-order valence-corrected chi connectivity index (χ4v) is 16.2. The number of nitrogens with zero attached hydrogens (tertiary/aromatic N) is 8. The van der Waals surface area contributed by atoms with E-state index in [1.807, 2.05) is 0 Å². The van der Waals surface area contributed by atoms with Gasteiger partial charge in [-0.15, -0.1) is 0 Å². The summed E-state index contributed by atoms with van der Waals surface area (Å²) in [6.07, 6.45) is 0. The Morgan fingerprint density at radius 2 is 0.330 bits per heavy atom. The van der Waals surface area contributed by atoms with Gasteiger partial charge >= 0.3 is 0 Å². The minimum atomic E-state index is 0.652. The van der Waals surface area contributed by atoms with E-state index in [0.717, 1.165) is 101 Å². The highest BCUT2D eigenvalue weighted by molar-refractivity contribution is 6.12. The largest absolute Gasteiger partial charge is 0.309 e. The summed E-state index contributed by atoms with van der Waals surface area (Å²) in [5, 5.41) is 9.84. The van der Waals surface area contributed by atoms with Crippen molar-refractivity contribution in [3.63, 3.8) is 0 Å². The van der Waals surface area contributed by atoms with Gasteiger partial charge in [0.15, 0.2) is 11.6 Å². The van der Waals surface area contributed by atoms with Crippen LogP contribution in [0.1, 0.15) is 0 Å². The molecule has 0 atom stereocenters. The predicted molar refractivity (Wildman–Crippen MR) is 438 cm³/mol. The lowest BCUT2D eigenvalue weighted by Gasteiger charge is -2.13. The van der Waals surface area contributed by atoms with Crippen molar-refractivity contribution in [2.75, 3.05) is 0 Å². The summed E-state index contributed by atoms with van der Waals surface area (Å²) in [7, 11) is 0. The Kier molecular flexibility index (Phi) is 14.1. The summed E-state index contributed by atoms with van der Waals surface area (Å²) in [6.45, 7) is 0. The van der Waals surface area contributed by atoms with Crippen LogP contribution in [-0.2, 0) is 0 Å². The molecule has 106 heavy (non-hydrogen) atoms. The molecule has 0 aliphatic carbocycles. The van der Waals surface area contributed by atoms with E-state index < -0.39 is 0 Å². The predicted octanol–water partition coefficient (Wildman–Crippen LogP) is 25.0. The zero-order valence-corrected chi connectivity index (χ0v) is 57.4. The second kappa shape index (κ2) is 24.7. The van der Waals surface area contributed by atoms with Crippen molar-refractivity contribution >= 4 is 87.2 Å². The number of hydrogen-bond donors (Lipinski definition) is 0. The molecule has 15 aromatic carbocycles. The van der Waals surface area contributed by atoms with E-state index in [1.54, 1.807) is 0 Å². The third-order valence-electron chi connectivity index (χ3n) is 21.3. The molecule has 21 rings (SSSR count). The first kappa shape index (κ1) is 60.4. The molecule has 0 spiro atoms. The van der Waals surface area contributed by atoms with Crippen molar-refractivity contribution in [2.45, 2.75) is 0 Å². The van der Waals surface area contributed by atoms with Crippen LogP contribution >= 0.6 is 0 Å². The van der Waals surface area contributed by atoms with Crippen LogP contribution < -0.4 is 0 Å². The standard InChI is InChI=1S/C98H62N8/c1-9-28-89-77(20-1)78-21-2-10-29-90(78)103(89)73-52-44-67(45-53-73)87-61-85(99-97(101-87)69-48-56-75(57-49-69)105-93-32-13-5-24-81(93)82-25-6-14-33-94(82)105)65-40-36-63(37-41-65)71-18-17-19-72(60-71)64-38-42-66(43-39-64)86-62-88(68-46-54-74(55-47-68)104-91-30-11-3-22-79(91)80-23-4-12-31-92(80)104)102-98(100-86)70-50-58-76(59-51-70)106-95-34-15-7-26-83(95)84-27-8-16-35-96(84)106/h1-62H. The lowest BCUT2D eigenvalue weighted by molar-refractivity contribution is 1.16. The number of hydrogen-bond acceptors (Lipinski definition) is 4. The van der Waals surface area contributed by atoms with E-state index in [9.17, 15) is 0 Å². The molecule has 0 saturated heterocycles. The maximum absolute atomic E-state index is 5.37. The molecular formula is C98H62N8. The zero-order valence-electron chi connectivity index (χ0n) is 57.4. The van der Waals surface area contributed by atoms with Gasteiger partial charge in [0.25, 0.3) is 0 Å². The van der Waals surface area contributed by atoms with Gasteiger partial charge in [-0.2, -0.15) is 0 Å². The molecule has 21 aromatic rings. The topological polar surface area (TPSA) is 71.3 Å². The van der Waals surface area contributed by atoms with Crippen molar-refractivity contribution in [1.29, 1.82) is 0 Å². The molecule has 0 aliphatic heterocycles. The Morgan fingerprint density at radius 3 is 0.557 bits per heavy atom. The quantitative estimate of drug-likeness (QED) is 0.122. The van der Waals surface area contributed by atoms with Gasteiger partial charge in [-0.3, -0.25) is 0 Å². The van der Waals surface area contributed by atoms with Crippen LogP contribution in [0, 0.1) is 0 Å². The molecule has 0 unspecified atom stereocenters. The summed E-state index contributed by atoms with van der Waals surface area (Å²) in [5.74, 6) is 1.30. The molecule has 0 N–H and O–H groups in total. The van der Waals surface area contributed by atoms with Crippen LogP contribution in [-0.4, -0.2) is 38.2 Å². The first-order chi connectivity index (χ1) is 52.5. The van der Waals surface area contributed by atoms with E-state index >= 15 is 0 Å². The second-order valence-corrected chi connectivity index (χ2v) is 27.3. The van der Waals surface area contributed by atoms with Crippen LogP contribution in [0.3, 0.4) is 0 Å². The van der Waals surface area contributed by atoms with Gasteiger partial charge in [0.1, 0.15) is 0 Å².